The second-order valence-electron chi connectivity index (χ2n) is 5.98. The van der Waals surface area contributed by atoms with Crippen LogP contribution in [0.1, 0.15) is 34.2 Å². The summed E-state index contributed by atoms with van der Waals surface area (Å²) in [4.78, 5) is 15.1. The maximum Gasteiger partial charge on any atom is 0.277 e. The number of amides is 1. The van der Waals surface area contributed by atoms with Gasteiger partial charge < -0.3 is 4.90 Å². The highest BCUT2D eigenvalue weighted by molar-refractivity contribution is 6.08. The topological polar surface area (TPSA) is 38.1 Å². The van der Waals surface area contributed by atoms with E-state index in [1.807, 2.05) is 59.0 Å². The molecule has 1 aromatic heterocycles. The molecule has 23 heavy (non-hydrogen) atoms. The summed E-state index contributed by atoms with van der Waals surface area (Å²) in [5.74, 6) is 0.0500. The molecule has 0 saturated carbocycles. The predicted molar refractivity (Wildman–Crippen MR) is 91.6 cm³/mol. The molecule has 1 amide bonds. The third-order valence-electron chi connectivity index (χ3n) is 4.62. The molecule has 4 heteroatoms. The Balaban J connectivity index is 1.82. The summed E-state index contributed by atoms with van der Waals surface area (Å²) in [6.07, 6.45) is 7.67. The lowest BCUT2D eigenvalue weighted by atomic mass is 10.0. The summed E-state index contributed by atoms with van der Waals surface area (Å²) >= 11 is 0. The van der Waals surface area contributed by atoms with Gasteiger partial charge in [-0.3, -0.25) is 4.79 Å². The second kappa shape index (κ2) is 5.23. The molecule has 1 aliphatic heterocycles. The zero-order valence-electron chi connectivity index (χ0n) is 13.4. The molecule has 0 fully saturated rings. The van der Waals surface area contributed by atoms with Crippen molar-refractivity contribution in [3.8, 4) is 0 Å². The van der Waals surface area contributed by atoms with Crippen molar-refractivity contribution < 1.29 is 4.79 Å². The van der Waals surface area contributed by atoms with Crippen LogP contribution in [0.3, 0.4) is 0 Å². The van der Waals surface area contributed by atoms with Crippen LogP contribution in [-0.2, 0) is 12.8 Å². The van der Waals surface area contributed by atoms with Gasteiger partial charge >= 0.3 is 0 Å². The lowest BCUT2D eigenvalue weighted by Gasteiger charge is -2.29. The monoisotopic (exact) mass is 305 g/mol. The third-order valence-corrected chi connectivity index (χ3v) is 4.62. The Labute approximate surface area is 135 Å². The van der Waals surface area contributed by atoms with E-state index in [0.29, 0.717) is 6.54 Å². The molecule has 0 saturated heterocycles. The number of hydrogen-bond acceptors (Lipinski definition) is 2. The minimum Gasteiger partial charge on any atom is -0.306 e. The van der Waals surface area contributed by atoms with Crippen LogP contribution in [0.2, 0.25) is 0 Å². The van der Waals surface area contributed by atoms with Gasteiger partial charge in [0.1, 0.15) is 5.69 Å². The number of hydrogen-bond donors (Lipinski definition) is 0. The molecule has 4 rings (SSSR count). The smallest absolute Gasteiger partial charge is 0.277 e. The van der Waals surface area contributed by atoms with Gasteiger partial charge in [-0.15, -0.1) is 0 Å². The molecule has 2 aliphatic rings. The first-order chi connectivity index (χ1) is 11.2. The van der Waals surface area contributed by atoms with E-state index in [1.54, 1.807) is 0 Å². The fourth-order valence-corrected chi connectivity index (χ4v) is 3.32. The van der Waals surface area contributed by atoms with Gasteiger partial charge in [-0.1, -0.05) is 31.2 Å². The Morgan fingerprint density at radius 2 is 2.04 bits per heavy atom. The molecule has 0 unspecified atom stereocenters. The number of nitrogens with zero attached hydrogens (tertiary/aromatic N) is 3. The summed E-state index contributed by atoms with van der Waals surface area (Å²) in [6, 6.07) is 8.05. The molecule has 0 atom stereocenters. The molecular weight excluding hydrogens is 286 g/mol. The first-order valence-corrected chi connectivity index (χ1v) is 8.07. The summed E-state index contributed by atoms with van der Waals surface area (Å²) in [6.45, 7) is 4.85. The van der Waals surface area contributed by atoms with E-state index in [1.165, 1.54) is 0 Å². The van der Waals surface area contributed by atoms with Gasteiger partial charge in [0.15, 0.2) is 0 Å². The van der Waals surface area contributed by atoms with Gasteiger partial charge in [0.2, 0.25) is 0 Å². The van der Waals surface area contributed by atoms with E-state index < -0.39 is 0 Å². The first-order valence-electron chi connectivity index (χ1n) is 8.07. The molecule has 2 heterocycles. The maximum atomic E-state index is 13.2. The van der Waals surface area contributed by atoms with Gasteiger partial charge in [-0.25, -0.2) is 4.68 Å². The first kappa shape index (κ1) is 14.0. The fraction of sp³-hybridized carbons (Fsp3) is 0.263. The second-order valence-corrected chi connectivity index (χ2v) is 5.98. The summed E-state index contributed by atoms with van der Waals surface area (Å²) in [7, 11) is 0. The fourth-order valence-electron chi connectivity index (χ4n) is 3.32. The highest BCUT2D eigenvalue weighted by atomic mass is 16.2. The van der Waals surface area contributed by atoms with E-state index in [-0.39, 0.29) is 5.91 Å². The largest absolute Gasteiger partial charge is 0.306 e. The molecule has 4 nitrogen and oxygen atoms in total. The average Bonchev–Trinajstić information content (AvgIpc) is 2.86. The number of para-hydroxylation sites is 1. The molecule has 1 aromatic carbocycles. The van der Waals surface area contributed by atoms with Crippen LogP contribution in [0.15, 0.2) is 42.5 Å². The van der Waals surface area contributed by atoms with Crippen LogP contribution >= 0.6 is 0 Å². The van der Waals surface area contributed by atoms with Crippen molar-refractivity contribution in [2.45, 2.75) is 26.7 Å². The zero-order chi connectivity index (χ0) is 16.0. The van der Waals surface area contributed by atoms with Crippen LogP contribution in [-0.4, -0.2) is 22.2 Å². The van der Waals surface area contributed by atoms with Crippen LogP contribution in [0.25, 0.3) is 5.70 Å². The minimum absolute atomic E-state index is 0.0500. The predicted octanol–water partition coefficient (Wildman–Crippen LogP) is 3.37. The number of aryl methyl sites for hydroxylation is 2. The van der Waals surface area contributed by atoms with Gasteiger partial charge in [0, 0.05) is 17.8 Å². The van der Waals surface area contributed by atoms with Crippen LogP contribution < -0.4 is 4.90 Å². The summed E-state index contributed by atoms with van der Waals surface area (Å²) in [5, 5.41) is 4.68. The number of rotatable bonds is 3. The van der Waals surface area contributed by atoms with Crippen molar-refractivity contribution in [3.05, 3.63) is 65.0 Å². The van der Waals surface area contributed by atoms with E-state index >= 15 is 0 Å². The van der Waals surface area contributed by atoms with Crippen molar-refractivity contribution in [1.29, 1.82) is 0 Å². The zero-order valence-corrected chi connectivity index (χ0v) is 13.4. The van der Waals surface area contributed by atoms with Crippen molar-refractivity contribution in [2.75, 3.05) is 11.4 Å². The minimum atomic E-state index is 0.0500. The molecular formula is C19H19N3O. The third kappa shape index (κ3) is 2.05. The van der Waals surface area contributed by atoms with Gasteiger partial charge in [-0.05, 0) is 43.5 Å². The van der Waals surface area contributed by atoms with E-state index in [4.69, 9.17) is 0 Å². The Hall–Kier alpha value is -2.62. The van der Waals surface area contributed by atoms with Crippen LogP contribution in [0.5, 0.6) is 0 Å². The van der Waals surface area contributed by atoms with Gasteiger partial charge in [0.25, 0.3) is 5.91 Å². The van der Waals surface area contributed by atoms with Crippen LogP contribution in [0.4, 0.5) is 5.69 Å². The van der Waals surface area contributed by atoms with E-state index in [9.17, 15) is 4.79 Å². The average molecular weight is 305 g/mol. The number of fused-ring (bicyclic) bond motifs is 1. The number of allylic oxidation sites excluding steroid dienone is 4. The summed E-state index contributed by atoms with van der Waals surface area (Å²) < 4.78 is 1.82. The number of anilines is 1. The molecule has 0 bridgehead atoms. The molecule has 0 radical (unpaired) electrons. The highest BCUT2D eigenvalue weighted by Crippen LogP contribution is 2.31. The maximum absolute atomic E-state index is 13.2. The number of benzene rings is 1. The molecule has 0 N–H and O–H groups in total. The Bertz CT molecular complexity index is 857. The van der Waals surface area contributed by atoms with Crippen LogP contribution in [0, 0.1) is 6.92 Å². The molecule has 2 aromatic rings. The van der Waals surface area contributed by atoms with Gasteiger partial charge in [0.05, 0.1) is 11.4 Å². The Morgan fingerprint density at radius 3 is 2.70 bits per heavy atom. The Morgan fingerprint density at radius 1 is 1.26 bits per heavy atom. The van der Waals surface area contributed by atoms with Crippen molar-refractivity contribution in [2.24, 2.45) is 0 Å². The number of carbonyl (C=O) groups is 1. The number of carbonyl (C=O) groups excluding carboxylic acids is 1. The van der Waals surface area contributed by atoms with E-state index in [2.05, 4.69) is 12.0 Å². The highest BCUT2D eigenvalue weighted by Gasteiger charge is 2.33. The Kier molecular flexibility index (Phi) is 3.18. The molecule has 0 spiro atoms. The van der Waals surface area contributed by atoms with Crippen molar-refractivity contribution >= 4 is 17.3 Å². The summed E-state index contributed by atoms with van der Waals surface area (Å²) in [5.41, 5.74) is 5.98. The number of aromatic nitrogens is 2. The quantitative estimate of drug-likeness (QED) is 0.872. The lowest BCUT2D eigenvalue weighted by Crippen LogP contribution is -2.39. The van der Waals surface area contributed by atoms with Gasteiger partial charge in [-0.2, -0.15) is 5.10 Å². The standard InChI is InChI=1S/C19H19N3O/c1-3-16-15-11-12-21(17-10-5-4-7-13(17)2)19(23)18(15)22(20-16)14-8-6-9-14/h4-10H,3,11-12H2,1-2H3. The van der Waals surface area contributed by atoms with Crippen molar-refractivity contribution in [1.82, 2.24) is 9.78 Å². The lowest BCUT2D eigenvalue weighted by molar-refractivity contribution is 0.0973. The molecule has 1 aliphatic carbocycles. The van der Waals surface area contributed by atoms with E-state index in [0.717, 1.165) is 46.7 Å². The van der Waals surface area contributed by atoms with Crippen molar-refractivity contribution in [3.63, 3.8) is 0 Å². The normalized spacial score (nSPS) is 16.2. The SMILES string of the molecule is CCc1nn(C2=CC=C2)c2c1CCN(c1ccccc1C)C2=O. The molecule has 116 valence electrons.